The van der Waals surface area contributed by atoms with E-state index in [0.717, 1.165) is 5.56 Å². The van der Waals surface area contributed by atoms with E-state index in [9.17, 15) is 4.79 Å². The first-order valence-electron chi connectivity index (χ1n) is 6.77. The largest absolute Gasteiger partial charge is 0.459 e. The second-order valence-electron chi connectivity index (χ2n) is 4.51. The number of hydrogen-bond acceptors (Lipinski definition) is 5. The molecular formula is C17H14ClNO4. The van der Waals surface area contributed by atoms with Crippen LogP contribution in [0.3, 0.4) is 0 Å². The van der Waals surface area contributed by atoms with Crippen LogP contribution in [0.4, 0.5) is 0 Å². The van der Waals surface area contributed by atoms with Gasteiger partial charge in [-0.25, -0.2) is 4.79 Å². The zero-order chi connectivity index (χ0) is 16.7. The monoisotopic (exact) mass is 331 g/mol. The number of methoxy groups -OCH3 is 1. The number of benzene rings is 1. The Morgan fingerprint density at radius 3 is 2.65 bits per heavy atom. The summed E-state index contributed by atoms with van der Waals surface area (Å²) < 4.78 is 15.3. The number of halogens is 1. The lowest BCUT2D eigenvalue weighted by Gasteiger charge is -2.02. The molecule has 0 amide bonds. The van der Waals surface area contributed by atoms with Crippen LogP contribution in [0.15, 0.2) is 46.4 Å². The third-order valence-corrected chi connectivity index (χ3v) is 3.16. The minimum atomic E-state index is -0.714. The van der Waals surface area contributed by atoms with Crippen LogP contribution >= 0.6 is 11.6 Å². The standard InChI is InChI=1S/C17H14ClNO4/c1-21-8-9-22-17(20)13(11-19)10-15-6-7-16(23-15)12-2-4-14(18)5-3-12/h2-7,10H,8-9H2,1H3/b13-10+. The molecule has 2 aromatic rings. The zero-order valence-corrected chi connectivity index (χ0v) is 13.2. The Morgan fingerprint density at radius 2 is 2.00 bits per heavy atom. The van der Waals surface area contributed by atoms with Crippen LogP contribution in [0.25, 0.3) is 17.4 Å². The summed E-state index contributed by atoms with van der Waals surface area (Å²) in [6, 6.07) is 12.4. The normalized spacial score (nSPS) is 11.1. The second-order valence-corrected chi connectivity index (χ2v) is 4.94. The average molecular weight is 332 g/mol. The third kappa shape index (κ3) is 4.71. The van der Waals surface area contributed by atoms with Crippen LogP contribution in [0.2, 0.25) is 5.02 Å². The minimum absolute atomic E-state index is 0.0858. The molecule has 0 unspecified atom stereocenters. The highest BCUT2D eigenvalue weighted by molar-refractivity contribution is 6.30. The number of nitriles is 1. The number of carbonyl (C=O) groups excluding carboxylic acids is 1. The number of rotatable bonds is 6. The lowest BCUT2D eigenvalue weighted by Crippen LogP contribution is -2.11. The van der Waals surface area contributed by atoms with E-state index in [1.807, 2.05) is 12.1 Å². The number of carbonyl (C=O) groups is 1. The molecule has 0 N–H and O–H groups in total. The summed E-state index contributed by atoms with van der Waals surface area (Å²) in [5.41, 5.74) is 0.702. The van der Waals surface area contributed by atoms with Crippen LogP contribution in [0.5, 0.6) is 0 Å². The fourth-order valence-electron chi connectivity index (χ4n) is 1.77. The lowest BCUT2D eigenvalue weighted by atomic mass is 10.2. The first-order chi connectivity index (χ1) is 11.1. The van der Waals surface area contributed by atoms with Crippen molar-refractivity contribution in [2.24, 2.45) is 0 Å². The molecule has 6 heteroatoms. The van der Waals surface area contributed by atoms with Crippen molar-refractivity contribution in [3.63, 3.8) is 0 Å². The predicted molar refractivity (Wildman–Crippen MR) is 85.6 cm³/mol. The van der Waals surface area contributed by atoms with Crippen LogP contribution in [-0.2, 0) is 14.3 Å². The number of esters is 1. The van der Waals surface area contributed by atoms with Crippen molar-refractivity contribution >= 4 is 23.6 Å². The molecule has 0 atom stereocenters. The Labute approximate surface area is 138 Å². The highest BCUT2D eigenvalue weighted by Gasteiger charge is 2.12. The Balaban J connectivity index is 2.13. The molecule has 2 rings (SSSR count). The topological polar surface area (TPSA) is 72.5 Å². The third-order valence-electron chi connectivity index (χ3n) is 2.90. The number of furan rings is 1. The maximum Gasteiger partial charge on any atom is 0.349 e. The molecule has 1 aromatic carbocycles. The molecule has 1 heterocycles. The van der Waals surface area contributed by atoms with Gasteiger partial charge in [-0.05, 0) is 36.4 Å². The molecule has 0 aliphatic heterocycles. The highest BCUT2D eigenvalue weighted by Crippen LogP contribution is 2.24. The minimum Gasteiger partial charge on any atom is -0.459 e. The van der Waals surface area contributed by atoms with E-state index in [-0.39, 0.29) is 18.8 Å². The summed E-state index contributed by atoms with van der Waals surface area (Å²) >= 11 is 5.84. The van der Waals surface area contributed by atoms with Crippen LogP contribution in [0.1, 0.15) is 5.76 Å². The molecule has 0 radical (unpaired) electrons. The van der Waals surface area contributed by atoms with E-state index in [1.165, 1.54) is 13.2 Å². The summed E-state index contributed by atoms with van der Waals surface area (Å²) in [7, 11) is 1.50. The quantitative estimate of drug-likeness (QED) is 0.349. The van der Waals surface area contributed by atoms with Crippen molar-refractivity contribution in [1.82, 2.24) is 0 Å². The predicted octanol–water partition coefficient (Wildman–Crippen LogP) is 3.70. The van der Waals surface area contributed by atoms with E-state index in [1.54, 1.807) is 30.3 Å². The van der Waals surface area contributed by atoms with Gasteiger partial charge in [0.1, 0.15) is 29.8 Å². The van der Waals surface area contributed by atoms with Crippen molar-refractivity contribution in [2.45, 2.75) is 0 Å². The van der Waals surface area contributed by atoms with E-state index in [0.29, 0.717) is 16.5 Å². The van der Waals surface area contributed by atoms with Gasteiger partial charge >= 0.3 is 5.97 Å². The summed E-state index contributed by atoms with van der Waals surface area (Å²) in [5, 5.41) is 9.69. The second kappa shape index (κ2) is 8.18. The molecule has 5 nitrogen and oxygen atoms in total. The molecule has 0 bridgehead atoms. The number of nitrogens with zero attached hydrogens (tertiary/aromatic N) is 1. The van der Waals surface area contributed by atoms with Gasteiger partial charge in [0.2, 0.25) is 0 Å². The summed E-state index contributed by atoms with van der Waals surface area (Å²) in [6.07, 6.45) is 1.34. The van der Waals surface area contributed by atoms with Crippen molar-refractivity contribution in [3.05, 3.63) is 52.8 Å². The summed E-state index contributed by atoms with van der Waals surface area (Å²) in [4.78, 5) is 11.7. The first kappa shape index (κ1) is 16.8. The van der Waals surface area contributed by atoms with Gasteiger partial charge in [0.25, 0.3) is 0 Å². The van der Waals surface area contributed by atoms with Gasteiger partial charge in [-0.15, -0.1) is 0 Å². The fraction of sp³-hybridized carbons (Fsp3) is 0.176. The molecule has 0 spiro atoms. The van der Waals surface area contributed by atoms with Gasteiger partial charge in [-0.1, -0.05) is 11.6 Å². The SMILES string of the molecule is COCCOC(=O)/C(C#N)=C/c1ccc(-c2ccc(Cl)cc2)o1. The molecule has 0 aliphatic carbocycles. The van der Waals surface area contributed by atoms with Gasteiger partial charge in [0, 0.05) is 23.8 Å². The van der Waals surface area contributed by atoms with E-state index in [2.05, 4.69) is 0 Å². The van der Waals surface area contributed by atoms with E-state index < -0.39 is 5.97 Å². The maximum absolute atomic E-state index is 11.7. The Kier molecular flexibility index (Phi) is 5.98. The van der Waals surface area contributed by atoms with Crippen LogP contribution in [-0.4, -0.2) is 26.3 Å². The highest BCUT2D eigenvalue weighted by atomic mass is 35.5. The summed E-state index contributed by atoms with van der Waals surface area (Å²) in [5.74, 6) is 0.280. The molecule has 1 aromatic heterocycles. The maximum atomic E-state index is 11.7. The van der Waals surface area contributed by atoms with Gasteiger partial charge in [0.15, 0.2) is 0 Å². The number of ether oxygens (including phenoxy) is 2. The van der Waals surface area contributed by atoms with Crippen LogP contribution in [0, 0.1) is 11.3 Å². The molecule has 23 heavy (non-hydrogen) atoms. The fourth-order valence-corrected chi connectivity index (χ4v) is 1.90. The Hall–Kier alpha value is -2.55. The first-order valence-corrected chi connectivity index (χ1v) is 7.15. The lowest BCUT2D eigenvalue weighted by molar-refractivity contribution is -0.139. The van der Waals surface area contributed by atoms with Crippen molar-refractivity contribution in [2.75, 3.05) is 20.3 Å². The van der Waals surface area contributed by atoms with E-state index in [4.69, 9.17) is 30.8 Å². The molecule has 0 fully saturated rings. The molecule has 118 valence electrons. The van der Waals surface area contributed by atoms with Crippen molar-refractivity contribution < 1.29 is 18.7 Å². The van der Waals surface area contributed by atoms with Gasteiger partial charge in [-0.3, -0.25) is 0 Å². The molecule has 0 saturated carbocycles. The molecule has 0 aliphatic rings. The van der Waals surface area contributed by atoms with Crippen LogP contribution < -0.4 is 0 Å². The van der Waals surface area contributed by atoms with Gasteiger partial charge in [0.05, 0.1) is 6.61 Å². The van der Waals surface area contributed by atoms with Gasteiger partial charge < -0.3 is 13.9 Å². The Morgan fingerprint density at radius 1 is 1.26 bits per heavy atom. The van der Waals surface area contributed by atoms with Gasteiger partial charge in [-0.2, -0.15) is 5.26 Å². The zero-order valence-electron chi connectivity index (χ0n) is 12.4. The van der Waals surface area contributed by atoms with Crippen molar-refractivity contribution in [3.8, 4) is 17.4 Å². The smallest absolute Gasteiger partial charge is 0.349 e. The Bertz CT molecular complexity index is 741. The van der Waals surface area contributed by atoms with Crippen molar-refractivity contribution in [1.29, 1.82) is 5.26 Å². The summed E-state index contributed by atoms with van der Waals surface area (Å²) in [6.45, 7) is 0.356. The molecule has 0 saturated heterocycles. The van der Waals surface area contributed by atoms with E-state index >= 15 is 0 Å². The average Bonchev–Trinajstić information content (AvgIpc) is 3.02. The molecular weight excluding hydrogens is 318 g/mol. The number of hydrogen-bond donors (Lipinski definition) is 0.